The lowest BCUT2D eigenvalue weighted by Crippen LogP contribution is -2.50. The molecule has 3 atom stereocenters. The van der Waals surface area contributed by atoms with Crippen molar-refractivity contribution in [3.05, 3.63) is 35.9 Å². The van der Waals surface area contributed by atoms with Crippen LogP contribution in [0.4, 0.5) is 0 Å². The molecule has 2 amide bonds. The van der Waals surface area contributed by atoms with Crippen LogP contribution in [0.15, 0.2) is 30.3 Å². The lowest BCUT2D eigenvalue weighted by Gasteiger charge is -2.35. The van der Waals surface area contributed by atoms with E-state index in [2.05, 4.69) is 24.1 Å². The Morgan fingerprint density at radius 2 is 1.86 bits per heavy atom. The number of carbonyl (C=O) groups excluding carboxylic acids is 2. The summed E-state index contributed by atoms with van der Waals surface area (Å²) in [5.41, 5.74) is 1.03. The maximum atomic E-state index is 12.8. The normalized spacial score (nSPS) is 24.6. The molecule has 2 saturated heterocycles. The van der Waals surface area contributed by atoms with E-state index in [1.807, 2.05) is 35.2 Å². The molecule has 5 heteroatoms. The molecule has 28 heavy (non-hydrogen) atoms. The Morgan fingerprint density at radius 3 is 2.61 bits per heavy atom. The number of carbonyl (C=O) groups is 2. The summed E-state index contributed by atoms with van der Waals surface area (Å²) in [6, 6.07) is 9.98. The zero-order valence-corrected chi connectivity index (χ0v) is 17.4. The fraction of sp³-hybridized carbons (Fsp3) is 0.652. The van der Waals surface area contributed by atoms with Crippen LogP contribution in [0.2, 0.25) is 0 Å². The van der Waals surface area contributed by atoms with Crippen LogP contribution in [0.25, 0.3) is 0 Å². The van der Waals surface area contributed by atoms with Crippen LogP contribution >= 0.6 is 0 Å². The lowest BCUT2D eigenvalue weighted by atomic mass is 9.96. The molecule has 3 unspecified atom stereocenters. The molecular formula is C23H35N3O2. The van der Waals surface area contributed by atoms with Crippen molar-refractivity contribution in [2.24, 2.45) is 11.8 Å². The molecular weight excluding hydrogens is 350 g/mol. The van der Waals surface area contributed by atoms with Crippen LogP contribution in [0.5, 0.6) is 0 Å². The first-order valence-electron chi connectivity index (χ1n) is 10.9. The van der Waals surface area contributed by atoms with E-state index in [0.29, 0.717) is 13.0 Å². The largest absolute Gasteiger partial charge is 0.352 e. The summed E-state index contributed by atoms with van der Waals surface area (Å²) in [7, 11) is 0. The van der Waals surface area contributed by atoms with E-state index in [-0.39, 0.29) is 23.8 Å². The van der Waals surface area contributed by atoms with Crippen molar-refractivity contribution in [3.63, 3.8) is 0 Å². The third-order valence-electron chi connectivity index (χ3n) is 6.00. The van der Waals surface area contributed by atoms with Gasteiger partial charge < -0.3 is 15.1 Å². The number of benzene rings is 1. The zero-order chi connectivity index (χ0) is 19.9. The van der Waals surface area contributed by atoms with Crippen molar-refractivity contribution in [2.45, 2.75) is 52.0 Å². The first-order valence-corrected chi connectivity index (χ1v) is 10.9. The van der Waals surface area contributed by atoms with Crippen LogP contribution in [-0.4, -0.2) is 60.4 Å². The molecule has 1 aromatic rings. The smallest absolute Gasteiger partial charge is 0.227 e. The van der Waals surface area contributed by atoms with Gasteiger partial charge in [0.25, 0.3) is 0 Å². The van der Waals surface area contributed by atoms with Crippen LogP contribution in [-0.2, 0) is 16.0 Å². The SMILES string of the molecule is CC1CCCN(CC(C)NC(=O)C2CCCN(C(=O)Cc3ccccc3)C2)C1. The van der Waals surface area contributed by atoms with Gasteiger partial charge in [-0.2, -0.15) is 0 Å². The van der Waals surface area contributed by atoms with Gasteiger partial charge in [-0.3, -0.25) is 9.59 Å². The van der Waals surface area contributed by atoms with Gasteiger partial charge in [-0.15, -0.1) is 0 Å². The fourth-order valence-electron chi connectivity index (χ4n) is 4.55. The van der Waals surface area contributed by atoms with Crippen molar-refractivity contribution in [3.8, 4) is 0 Å². The van der Waals surface area contributed by atoms with E-state index < -0.39 is 0 Å². The third kappa shape index (κ3) is 6.06. The molecule has 0 radical (unpaired) electrons. The summed E-state index contributed by atoms with van der Waals surface area (Å²) in [5, 5.41) is 3.20. The highest BCUT2D eigenvalue weighted by atomic mass is 16.2. The molecule has 2 heterocycles. The number of rotatable bonds is 6. The molecule has 154 valence electrons. The van der Waals surface area contributed by atoms with Crippen LogP contribution in [0.1, 0.15) is 45.1 Å². The second-order valence-electron chi connectivity index (χ2n) is 8.76. The first kappa shape index (κ1) is 20.8. The Bertz CT molecular complexity index is 649. The van der Waals surface area contributed by atoms with Gasteiger partial charge in [-0.25, -0.2) is 0 Å². The number of piperidine rings is 2. The van der Waals surface area contributed by atoms with Crippen LogP contribution in [0, 0.1) is 11.8 Å². The van der Waals surface area contributed by atoms with E-state index in [4.69, 9.17) is 0 Å². The third-order valence-corrected chi connectivity index (χ3v) is 6.00. The van der Waals surface area contributed by atoms with Gasteiger partial charge in [0.05, 0.1) is 12.3 Å². The Kier molecular flexibility index (Phi) is 7.49. The summed E-state index contributed by atoms with van der Waals surface area (Å²) >= 11 is 0. The minimum absolute atomic E-state index is 0.0868. The number of nitrogens with zero attached hydrogens (tertiary/aromatic N) is 2. The number of nitrogens with one attached hydrogen (secondary N) is 1. The first-order chi connectivity index (χ1) is 13.5. The van der Waals surface area contributed by atoms with Gasteiger partial charge in [0.15, 0.2) is 0 Å². The van der Waals surface area contributed by atoms with E-state index in [1.165, 1.54) is 12.8 Å². The van der Waals surface area contributed by atoms with E-state index in [1.54, 1.807) is 0 Å². The Hall–Kier alpha value is -1.88. The quantitative estimate of drug-likeness (QED) is 0.819. The number of amides is 2. The summed E-state index contributed by atoms with van der Waals surface area (Å²) in [6.07, 6.45) is 4.75. The highest BCUT2D eigenvalue weighted by molar-refractivity contribution is 5.82. The summed E-state index contributed by atoms with van der Waals surface area (Å²) in [6.45, 7) is 8.89. The van der Waals surface area contributed by atoms with Gasteiger partial charge in [0.1, 0.15) is 0 Å². The predicted molar refractivity (Wildman–Crippen MR) is 112 cm³/mol. The molecule has 3 rings (SSSR count). The summed E-state index contributed by atoms with van der Waals surface area (Å²) in [4.78, 5) is 29.8. The van der Waals surface area contributed by atoms with E-state index in [9.17, 15) is 9.59 Å². The molecule has 0 spiro atoms. The van der Waals surface area contributed by atoms with Crippen molar-refractivity contribution in [2.75, 3.05) is 32.7 Å². The van der Waals surface area contributed by atoms with Gasteiger partial charge in [0.2, 0.25) is 11.8 Å². The predicted octanol–water partition coefficient (Wildman–Crippen LogP) is 2.70. The second-order valence-corrected chi connectivity index (χ2v) is 8.76. The number of hydrogen-bond donors (Lipinski definition) is 1. The van der Waals surface area contributed by atoms with Crippen molar-refractivity contribution >= 4 is 11.8 Å². The van der Waals surface area contributed by atoms with Gasteiger partial charge in [-0.05, 0) is 50.6 Å². The molecule has 0 bridgehead atoms. The Morgan fingerprint density at radius 1 is 1.11 bits per heavy atom. The average molecular weight is 386 g/mol. The topological polar surface area (TPSA) is 52.7 Å². The summed E-state index contributed by atoms with van der Waals surface area (Å²) in [5.74, 6) is 0.893. The van der Waals surface area contributed by atoms with Gasteiger partial charge >= 0.3 is 0 Å². The molecule has 2 fully saturated rings. The highest BCUT2D eigenvalue weighted by Crippen LogP contribution is 2.19. The van der Waals surface area contributed by atoms with Gasteiger partial charge in [0, 0.05) is 32.2 Å². The molecule has 1 N–H and O–H groups in total. The average Bonchev–Trinajstić information content (AvgIpc) is 2.68. The zero-order valence-electron chi connectivity index (χ0n) is 17.4. The minimum Gasteiger partial charge on any atom is -0.352 e. The lowest BCUT2D eigenvalue weighted by molar-refractivity contribution is -0.135. The molecule has 0 aromatic heterocycles. The molecule has 2 aliphatic heterocycles. The van der Waals surface area contributed by atoms with Crippen molar-refractivity contribution in [1.29, 1.82) is 0 Å². The second kappa shape index (κ2) is 10.1. The maximum Gasteiger partial charge on any atom is 0.227 e. The number of hydrogen-bond acceptors (Lipinski definition) is 3. The fourth-order valence-corrected chi connectivity index (χ4v) is 4.55. The highest BCUT2D eigenvalue weighted by Gasteiger charge is 2.29. The Balaban J connectivity index is 1.46. The van der Waals surface area contributed by atoms with Gasteiger partial charge in [-0.1, -0.05) is 37.3 Å². The number of likely N-dealkylation sites (tertiary alicyclic amines) is 2. The summed E-state index contributed by atoms with van der Waals surface area (Å²) < 4.78 is 0. The van der Waals surface area contributed by atoms with Crippen LogP contribution in [0.3, 0.4) is 0 Å². The van der Waals surface area contributed by atoms with Crippen molar-refractivity contribution in [1.82, 2.24) is 15.1 Å². The standard InChI is InChI=1S/C23H35N3O2/c1-18-8-6-12-25(15-18)16-19(2)24-23(28)21-11-7-13-26(17-21)22(27)14-20-9-4-3-5-10-20/h3-5,9-10,18-19,21H,6-8,11-17H2,1-2H3,(H,24,28). The molecule has 0 aliphatic carbocycles. The van der Waals surface area contributed by atoms with Crippen LogP contribution < -0.4 is 5.32 Å². The molecule has 5 nitrogen and oxygen atoms in total. The monoisotopic (exact) mass is 385 g/mol. The molecule has 2 aliphatic rings. The minimum atomic E-state index is -0.0868. The maximum absolute atomic E-state index is 12.8. The molecule has 0 saturated carbocycles. The molecule has 1 aromatic carbocycles. The van der Waals surface area contributed by atoms with E-state index >= 15 is 0 Å². The Labute approximate surface area is 169 Å². The van der Waals surface area contributed by atoms with Crippen molar-refractivity contribution < 1.29 is 9.59 Å². The van der Waals surface area contributed by atoms with E-state index in [0.717, 1.165) is 50.5 Å².